The van der Waals surface area contributed by atoms with Crippen molar-refractivity contribution in [3.05, 3.63) is 23.0 Å². The fourth-order valence-electron chi connectivity index (χ4n) is 3.45. The number of aromatic nitrogens is 1. The summed E-state index contributed by atoms with van der Waals surface area (Å²) < 4.78 is 7.84. The number of carbonyl (C=O) groups is 1. The summed E-state index contributed by atoms with van der Waals surface area (Å²) in [6.45, 7) is 9.26. The molecular formula is C16H23NO2. The Balaban J connectivity index is 1.94. The molecule has 1 unspecified atom stereocenters. The van der Waals surface area contributed by atoms with Crippen molar-refractivity contribution in [2.45, 2.75) is 46.6 Å². The molecule has 19 heavy (non-hydrogen) atoms. The van der Waals surface area contributed by atoms with Gasteiger partial charge in [-0.3, -0.25) is 4.79 Å². The number of hydrogen-bond donors (Lipinski definition) is 0. The maximum absolute atomic E-state index is 12.3. The molecular weight excluding hydrogens is 238 g/mol. The number of nitrogens with zero attached hydrogens (tertiary/aromatic N) is 1. The van der Waals surface area contributed by atoms with Crippen LogP contribution in [-0.2, 0) is 17.7 Å². The van der Waals surface area contributed by atoms with Gasteiger partial charge in [-0.1, -0.05) is 13.8 Å². The first-order valence-electron chi connectivity index (χ1n) is 7.26. The summed E-state index contributed by atoms with van der Waals surface area (Å²) in [7, 11) is 0. The van der Waals surface area contributed by atoms with E-state index in [1.54, 1.807) is 0 Å². The van der Waals surface area contributed by atoms with Crippen molar-refractivity contribution < 1.29 is 9.53 Å². The second-order valence-electron chi connectivity index (χ2n) is 6.93. The summed E-state index contributed by atoms with van der Waals surface area (Å²) in [5, 5.41) is 0. The van der Waals surface area contributed by atoms with Crippen LogP contribution in [0.1, 0.15) is 48.4 Å². The Morgan fingerprint density at radius 2 is 2.21 bits per heavy atom. The maximum Gasteiger partial charge on any atom is 0.165 e. The smallest absolute Gasteiger partial charge is 0.165 e. The van der Waals surface area contributed by atoms with Crippen molar-refractivity contribution in [2.75, 3.05) is 13.2 Å². The predicted molar refractivity (Wildman–Crippen MR) is 74.5 cm³/mol. The molecule has 0 radical (unpaired) electrons. The van der Waals surface area contributed by atoms with Crippen LogP contribution in [0.25, 0.3) is 0 Å². The van der Waals surface area contributed by atoms with E-state index in [1.807, 2.05) is 0 Å². The van der Waals surface area contributed by atoms with Gasteiger partial charge in [0.1, 0.15) is 0 Å². The average Bonchev–Trinajstić information content (AvgIpc) is 2.90. The van der Waals surface area contributed by atoms with Crippen molar-refractivity contribution in [3.8, 4) is 0 Å². The molecule has 0 amide bonds. The van der Waals surface area contributed by atoms with Crippen LogP contribution in [-0.4, -0.2) is 23.6 Å². The lowest BCUT2D eigenvalue weighted by Gasteiger charge is -2.30. The zero-order valence-electron chi connectivity index (χ0n) is 12.2. The number of ketones is 1. The third-order valence-corrected chi connectivity index (χ3v) is 4.47. The van der Waals surface area contributed by atoms with Crippen molar-refractivity contribution in [1.82, 2.24) is 4.57 Å². The molecule has 0 saturated carbocycles. The first-order chi connectivity index (χ1) is 8.96. The summed E-state index contributed by atoms with van der Waals surface area (Å²) >= 11 is 0. The Hall–Kier alpha value is -1.09. The van der Waals surface area contributed by atoms with Crippen molar-refractivity contribution >= 4 is 5.78 Å². The molecule has 104 valence electrons. The van der Waals surface area contributed by atoms with Gasteiger partial charge in [0, 0.05) is 42.4 Å². The molecule has 1 aliphatic carbocycles. The Morgan fingerprint density at radius 3 is 2.89 bits per heavy atom. The third kappa shape index (κ3) is 2.36. The Kier molecular flexibility index (Phi) is 3.05. The van der Waals surface area contributed by atoms with Crippen LogP contribution in [0.15, 0.2) is 6.07 Å². The number of carbonyl (C=O) groups excluding carboxylic acids is 1. The SMILES string of the molecule is Cc1cc2c(n1CC1CCOC1)CC(C)(C)CC2=O. The van der Waals surface area contributed by atoms with Crippen molar-refractivity contribution in [1.29, 1.82) is 0 Å². The Bertz CT molecular complexity index is 507. The molecule has 3 nitrogen and oxygen atoms in total. The summed E-state index contributed by atoms with van der Waals surface area (Å²) in [5.74, 6) is 0.922. The van der Waals surface area contributed by atoms with Crippen LogP contribution < -0.4 is 0 Å². The summed E-state index contributed by atoms with van der Waals surface area (Å²) in [6, 6.07) is 2.09. The van der Waals surface area contributed by atoms with Crippen LogP contribution in [0.2, 0.25) is 0 Å². The highest BCUT2D eigenvalue weighted by molar-refractivity contribution is 5.99. The monoisotopic (exact) mass is 261 g/mol. The van der Waals surface area contributed by atoms with E-state index >= 15 is 0 Å². The number of aryl methyl sites for hydroxylation is 1. The van der Waals surface area contributed by atoms with E-state index in [0.717, 1.165) is 38.2 Å². The maximum atomic E-state index is 12.3. The number of rotatable bonds is 2. The van der Waals surface area contributed by atoms with E-state index < -0.39 is 0 Å². The Labute approximate surface area is 114 Å². The molecule has 1 aromatic rings. The molecule has 0 aromatic carbocycles. The highest BCUT2D eigenvalue weighted by Gasteiger charge is 2.34. The Morgan fingerprint density at radius 1 is 1.42 bits per heavy atom. The zero-order chi connectivity index (χ0) is 13.6. The van der Waals surface area contributed by atoms with Crippen LogP contribution in [0.5, 0.6) is 0 Å². The molecule has 1 saturated heterocycles. The van der Waals surface area contributed by atoms with Gasteiger partial charge in [-0.2, -0.15) is 0 Å². The molecule has 1 fully saturated rings. The van der Waals surface area contributed by atoms with Gasteiger partial charge in [0.25, 0.3) is 0 Å². The highest BCUT2D eigenvalue weighted by Crippen LogP contribution is 2.36. The molecule has 1 aromatic heterocycles. The van der Waals surface area contributed by atoms with Gasteiger partial charge in [-0.25, -0.2) is 0 Å². The largest absolute Gasteiger partial charge is 0.381 e. The van der Waals surface area contributed by atoms with Gasteiger partial charge in [-0.15, -0.1) is 0 Å². The zero-order valence-corrected chi connectivity index (χ0v) is 12.2. The molecule has 1 atom stereocenters. The van der Waals surface area contributed by atoms with E-state index in [1.165, 1.54) is 11.4 Å². The van der Waals surface area contributed by atoms with Gasteiger partial charge in [0.15, 0.2) is 5.78 Å². The normalized spacial score (nSPS) is 25.6. The fourth-order valence-corrected chi connectivity index (χ4v) is 3.45. The molecule has 0 bridgehead atoms. The van der Waals surface area contributed by atoms with Gasteiger partial charge in [0.05, 0.1) is 6.61 Å². The highest BCUT2D eigenvalue weighted by atomic mass is 16.5. The lowest BCUT2D eigenvalue weighted by Crippen LogP contribution is -2.28. The van der Waals surface area contributed by atoms with E-state index in [-0.39, 0.29) is 5.41 Å². The molecule has 2 aliphatic rings. The standard InChI is InChI=1S/C16H23NO2/c1-11-6-13-14(7-16(2,3)8-15(13)18)17(11)9-12-4-5-19-10-12/h6,12H,4-5,7-10H2,1-3H3. The fraction of sp³-hybridized carbons (Fsp3) is 0.688. The first kappa shape index (κ1) is 12.9. The van der Waals surface area contributed by atoms with Crippen LogP contribution >= 0.6 is 0 Å². The van der Waals surface area contributed by atoms with Crippen LogP contribution in [0, 0.1) is 18.3 Å². The predicted octanol–water partition coefficient (Wildman–Crippen LogP) is 2.99. The third-order valence-electron chi connectivity index (χ3n) is 4.47. The lowest BCUT2D eigenvalue weighted by molar-refractivity contribution is 0.0909. The average molecular weight is 261 g/mol. The topological polar surface area (TPSA) is 31.2 Å². The molecule has 0 N–H and O–H groups in total. The summed E-state index contributed by atoms with van der Waals surface area (Å²) in [5.41, 5.74) is 3.54. The minimum Gasteiger partial charge on any atom is -0.381 e. The summed E-state index contributed by atoms with van der Waals surface area (Å²) in [6.07, 6.45) is 2.83. The lowest BCUT2D eigenvalue weighted by atomic mass is 9.76. The molecule has 0 spiro atoms. The van der Waals surface area contributed by atoms with Crippen LogP contribution in [0.3, 0.4) is 0 Å². The molecule has 3 heteroatoms. The second kappa shape index (κ2) is 4.48. The van der Waals surface area contributed by atoms with Crippen molar-refractivity contribution in [2.24, 2.45) is 11.3 Å². The first-order valence-corrected chi connectivity index (χ1v) is 7.26. The minimum atomic E-state index is 0.0960. The van der Waals surface area contributed by atoms with Gasteiger partial charge in [-0.05, 0) is 31.2 Å². The quantitative estimate of drug-likeness (QED) is 0.819. The second-order valence-corrected chi connectivity index (χ2v) is 6.93. The molecule has 3 rings (SSSR count). The van der Waals surface area contributed by atoms with Crippen molar-refractivity contribution in [3.63, 3.8) is 0 Å². The van der Waals surface area contributed by atoms with E-state index in [2.05, 4.69) is 31.4 Å². The number of fused-ring (bicyclic) bond motifs is 1. The van der Waals surface area contributed by atoms with Gasteiger partial charge >= 0.3 is 0 Å². The van der Waals surface area contributed by atoms with E-state index in [4.69, 9.17) is 4.74 Å². The van der Waals surface area contributed by atoms with Crippen LogP contribution in [0.4, 0.5) is 0 Å². The van der Waals surface area contributed by atoms with Gasteiger partial charge in [0.2, 0.25) is 0 Å². The number of hydrogen-bond acceptors (Lipinski definition) is 2. The van der Waals surface area contributed by atoms with E-state index in [0.29, 0.717) is 18.1 Å². The number of ether oxygens (including phenoxy) is 1. The minimum absolute atomic E-state index is 0.0960. The van der Waals surface area contributed by atoms with Gasteiger partial charge < -0.3 is 9.30 Å². The van der Waals surface area contributed by atoms with E-state index in [9.17, 15) is 4.79 Å². The molecule has 2 heterocycles. The molecule has 1 aliphatic heterocycles. The number of Topliss-reactive ketones (excluding diaryl/α,β-unsaturated/α-hetero) is 1. The summed E-state index contributed by atoms with van der Waals surface area (Å²) in [4.78, 5) is 12.3.